The Labute approximate surface area is 118 Å². The second kappa shape index (κ2) is 6.69. The number of aliphatic carboxylic acids is 1. The molecule has 7 nitrogen and oxygen atoms in total. The summed E-state index contributed by atoms with van der Waals surface area (Å²) in [7, 11) is 0. The second-order valence-corrected chi connectivity index (χ2v) is 5.61. The van der Waals surface area contributed by atoms with Crippen molar-refractivity contribution in [2.24, 2.45) is 17.1 Å². The van der Waals surface area contributed by atoms with Gasteiger partial charge >= 0.3 is 5.97 Å². The summed E-state index contributed by atoms with van der Waals surface area (Å²) in [4.78, 5) is 34.3. The van der Waals surface area contributed by atoms with Crippen molar-refractivity contribution in [1.82, 2.24) is 10.6 Å². The monoisotopic (exact) mass is 285 g/mol. The van der Waals surface area contributed by atoms with Gasteiger partial charge < -0.3 is 21.5 Å². The normalized spacial score (nSPS) is 23.6. The number of hydrogen-bond acceptors (Lipinski definition) is 4. The van der Waals surface area contributed by atoms with Crippen LogP contribution in [0.5, 0.6) is 0 Å². The van der Waals surface area contributed by atoms with Gasteiger partial charge in [0.2, 0.25) is 11.8 Å². The Morgan fingerprint density at radius 1 is 1.40 bits per heavy atom. The molecule has 0 saturated carbocycles. The van der Waals surface area contributed by atoms with E-state index in [-0.39, 0.29) is 24.7 Å². The highest BCUT2D eigenvalue weighted by molar-refractivity contribution is 5.88. The van der Waals surface area contributed by atoms with E-state index < -0.39 is 23.3 Å². The number of carboxylic acid groups (broad SMARTS) is 1. The predicted molar refractivity (Wildman–Crippen MR) is 72.8 cm³/mol. The maximum Gasteiger partial charge on any atom is 0.326 e. The SMILES string of the molecule is CC(C)C1(C(=O)N[C@H](CCC(N)=O)C(=O)O)CCNC1. The highest BCUT2D eigenvalue weighted by atomic mass is 16.4. The largest absolute Gasteiger partial charge is 0.480 e. The first-order chi connectivity index (χ1) is 9.29. The number of carbonyl (C=O) groups is 3. The molecule has 2 amide bonds. The minimum absolute atomic E-state index is 0.0119. The van der Waals surface area contributed by atoms with Gasteiger partial charge in [-0.25, -0.2) is 4.79 Å². The van der Waals surface area contributed by atoms with Gasteiger partial charge in [-0.3, -0.25) is 9.59 Å². The van der Waals surface area contributed by atoms with Crippen LogP contribution in [0.1, 0.15) is 33.1 Å². The molecule has 0 aliphatic carbocycles. The van der Waals surface area contributed by atoms with E-state index in [1.807, 2.05) is 13.8 Å². The van der Waals surface area contributed by atoms with Crippen molar-refractivity contribution in [1.29, 1.82) is 0 Å². The average Bonchev–Trinajstić information content (AvgIpc) is 2.83. The van der Waals surface area contributed by atoms with Crippen molar-refractivity contribution in [3.63, 3.8) is 0 Å². The van der Waals surface area contributed by atoms with E-state index in [1.165, 1.54) is 0 Å². The summed E-state index contributed by atoms with van der Waals surface area (Å²) in [5.74, 6) is -1.89. The summed E-state index contributed by atoms with van der Waals surface area (Å²) in [5.41, 5.74) is 4.43. The molecular formula is C13H23N3O4. The Kier molecular flexibility index (Phi) is 5.50. The molecule has 1 heterocycles. The number of amides is 2. The van der Waals surface area contributed by atoms with Crippen LogP contribution in [0, 0.1) is 11.3 Å². The summed E-state index contributed by atoms with van der Waals surface area (Å²) in [6.07, 6.45) is 0.626. The van der Waals surface area contributed by atoms with Gasteiger partial charge in [0.1, 0.15) is 6.04 Å². The maximum atomic E-state index is 12.4. The van der Waals surface area contributed by atoms with Gasteiger partial charge in [-0.2, -0.15) is 0 Å². The molecule has 1 unspecified atom stereocenters. The quantitative estimate of drug-likeness (QED) is 0.500. The number of carbonyl (C=O) groups excluding carboxylic acids is 2. The third-order valence-corrected chi connectivity index (χ3v) is 4.03. The first-order valence-corrected chi connectivity index (χ1v) is 6.82. The van der Waals surface area contributed by atoms with Gasteiger partial charge in [0.05, 0.1) is 5.41 Å². The summed E-state index contributed by atoms with van der Waals surface area (Å²) < 4.78 is 0. The standard InChI is InChI=1S/C13H23N3O4/c1-8(2)13(5-6-15-7-13)12(20)16-9(11(18)19)3-4-10(14)17/h8-9,15H,3-7H2,1-2H3,(H2,14,17)(H,16,20)(H,18,19)/t9-,13?/m1/s1. The van der Waals surface area contributed by atoms with Crippen LogP contribution >= 0.6 is 0 Å². The van der Waals surface area contributed by atoms with Crippen molar-refractivity contribution < 1.29 is 19.5 Å². The lowest BCUT2D eigenvalue weighted by Gasteiger charge is -2.32. The molecule has 1 rings (SSSR count). The average molecular weight is 285 g/mol. The first-order valence-electron chi connectivity index (χ1n) is 6.82. The van der Waals surface area contributed by atoms with Gasteiger partial charge in [-0.1, -0.05) is 13.8 Å². The summed E-state index contributed by atoms with van der Waals surface area (Å²) in [5, 5.41) is 14.8. The zero-order valence-corrected chi connectivity index (χ0v) is 11.9. The third kappa shape index (κ3) is 3.69. The van der Waals surface area contributed by atoms with Crippen LogP contribution in [0.15, 0.2) is 0 Å². The molecule has 0 spiro atoms. The van der Waals surface area contributed by atoms with Gasteiger partial charge in [-0.15, -0.1) is 0 Å². The van der Waals surface area contributed by atoms with Crippen molar-refractivity contribution in [2.45, 2.75) is 39.2 Å². The molecule has 1 saturated heterocycles. The first kappa shape index (κ1) is 16.4. The van der Waals surface area contributed by atoms with E-state index in [2.05, 4.69) is 10.6 Å². The van der Waals surface area contributed by atoms with Gasteiger partial charge in [0, 0.05) is 13.0 Å². The smallest absolute Gasteiger partial charge is 0.326 e. The number of primary amides is 1. The van der Waals surface area contributed by atoms with Gasteiger partial charge in [0.25, 0.3) is 0 Å². The van der Waals surface area contributed by atoms with E-state index in [1.54, 1.807) is 0 Å². The van der Waals surface area contributed by atoms with Crippen molar-refractivity contribution >= 4 is 17.8 Å². The van der Waals surface area contributed by atoms with Crippen molar-refractivity contribution in [3.8, 4) is 0 Å². The molecule has 0 aromatic heterocycles. The van der Waals surface area contributed by atoms with Crippen LogP contribution < -0.4 is 16.4 Å². The topological polar surface area (TPSA) is 122 Å². The Hall–Kier alpha value is -1.63. The Morgan fingerprint density at radius 3 is 2.45 bits per heavy atom. The molecule has 114 valence electrons. The zero-order chi connectivity index (χ0) is 15.3. The minimum atomic E-state index is -1.15. The molecule has 2 atom stereocenters. The number of hydrogen-bond donors (Lipinski definition) is 4. The van der Waals surface area contributed by atoms with E-state index >= 15 is 0 Å². The second-order valence-electron chi connectivity index (χ2n) is 5.61. The molecule has 1 aliphatic rings. The molecule has 0 aromatic rings. The number of nitrogens with two attached hydrogens (primary N) is 1. The summed E-state index contributed by atoms with van der Waals surface area (Å²) >= 11 is 0. The fourth-order valence-electron chi connectivity index (χ4n) is 2.51. The van der Waals surface area contributed by atoms with Crippen molar-refractivity contribution in [3.05, 3.63) is 0 Å². The molecule has 1 aliphatic heterocycles. The zero-order valence-electron chi connectivity index (χ0n) is 11.9. The number of nitrogens with one attached hydrogen (secondary N) is 2. The van der Waals surface area contributed by atoms with E-state index in [9.17, 15) is 14.4 Å². The Morgan fingerprint density at radius 2 is 2.05 bits per heavy atom. The van der Waals surface area contributed by atoms with Crippen LogP contribution in [-0.2, 0) is 14.4 Å². The highest BCUT2D eigenvalue weighted by Gasteiger charge is 2.44. The minimum Gasteiger partial charge on any atom is -0.480 e. The predicted octanol–water partition coefficient (Wildman–Crippen LogP) is -0.543. The molecule has 20 heavy (non-hydrogen) atoms. The Balaban J connectivity index is 2.74. The Bertz CT molecular complexity index is 389. The molecule has 0 aromatic carbocycles. The van der Waals surface area contributed by atoms with Gasteiger partial charge in [-0.05, 0) is 25.3 Å². The van der Waals surface area contributed by atoms with Crippen molar-refractivity contribution in [2.75, 3.05) is 13.1 Å². The van der Waals surface area contributed by atoms with E-state index in [0.717, 1.165) is 6.54 Å². The molecule has 7 heteroatoms. The molecule has 0 radical (unpaired) electrons. The number of rotatable bonds is 7. The maximum absolute atomic E-state index is 12.4. The third-order valence-electron chi connectivity index (χ3n) is 4.03. The molecular weight excluding hydrogens is 262 g/mol. The fourth-order valence-corrected chi connectivity index (χ4v) is 2.51. The van der Waals surface area contributed by atoms with Crippen LogP contribution in [-0.4, -0.2) is 42.0 Å². The lowest BCUT2D eigenvalue weighted by Crippen LogP contribution is -2.51. The molecule has 1 fully saturated rings. The van der Waals surface area contributed by atoms with Crippen LogP contribution in [0.2, 0.25) is 0 Å². The van der Waals surface area contributed by atoms with Crippen LogP contribution in [0.3, 0.4) is 0 Å². The molecule has 0 bridgehead atoms. The lowest BCUT2D eigenvalue weighted by atomic mass is 9.75. The summed E-state index contributed by atoms with van der Waals surface area (Å²) in [6.45, 7) is 5.18. The highest BCUT2D eigenvalue weighted by Crippen LogP contribution is 2.34. The van der Waals surface area contributed by atoms with Crippen LogP contribution in [0.25, 0.3) is 0 Å². The van der Waals surface area contributed by atoms with Crippen LogP contribution in [0.4, 0.5) is 0 Å². The summed E-state index contributed by atoms with van der Waals surface area (Å²) in [6, 6.07) is -1.08. The lowest BCUT2D eigenvalue weighted by molar-refractivity contribution is -0.144. The van der Waals surface area contributed by atoms with Gasteiger partial charge in [0.15, 0.2) is 0 Å². The van der Waals surface area contributed by atoms with E-state index in [4.69, 9.17) is 10.8 Å². The molecule has 5 N–H and O–H groups in total. The van der Waals surface area contributed by atoms with E-state index in [0.29, 0.717) is 13.0 Å². The number of carboxylic acids is 1. The fraction of sp³-hybridized carbons (Fsp3) is 0.769.